The van der Waals surface area contributed by atoms with E-state index in [1.165, 1.54) is 57.1 Å². The predicted octanol–water partition coefficient (Wildman–Crippen LogP) is 3.70. The van der Waals surface area contributed by atoms with Gasteiger partial charge in [-0.25, -0.2) is 0 Å². The summed E-state index contributed by atoms with van der Waals surface area (Å²) in [4.78, 5) is 4.30. The summed E-state index contributed by atoms with van der Waals surface area (Å²) in [6.07, 6.45) is 13.4. The van der Waals surface area contributed by atoms with Gasteiger partial charge >= 0.3 is 0 Å². The zero-order valence-electron chi connectivity index (χ0n) is 10.8. The molecule has 2 saturated carbocycles. The van der Waals surface area contributed by atoms with Gasteiger partial charge in [0.2, 0.25) is 0 Å². The molecule has 0 radical (unpaired) electrons. The van der Waals surface area contributed by atoms with Crippen LogP contribution in [0, 0.1) is 5.41 Å². The van der Waals surface area contributed by atoms with E-state index >= 15 is 0 Å². The van der Waals surface area contributed by atoms with Crippen LogP contribution in [0.1, 0.15) is 44.1 Å². The van der Waals surface area contributed by atoms with E-state index in [4.69, 9.17) is 0 Å². The van der Waals surface area contributed by atoms with Crippen LogP contribution in [0.15, 0.2) is 22.9 Å². The monoisotopic (exact) mass is 308 g/mol. The zero-order chi connectivity index (χ0) is 12.4. The smallest absolute Gasteiger partial charge is 0.0410 e. The number of hydrogen-bond donors (Lipinski definition) is 1. The Morgan fingerprint density at radius 1 is 1.28 bits per heavy atom. The van der Waals surface area contributed by atoms with Gasteiger partial charge in [-0.2, -0.15) is 0 Å². The first-order valence-corrected chi connectivity index (χ1v) is 7.88. The SMILES string of the molecule is Brc1cncc(CC2(CNC3CC3)CCCC2)c1. The maximum Gasteiger partial charge on any atom is 0.0410 e. The second kappa shape index (κ2) is 5.30. The molecule has 0 amide bonds. The first-order valence-electron chi connectivity index (χ1n) is 7.09. The third kappa shape index (κ3) is 3.12. The van der Waals surface area contributed by atoms with Gasteiger partial charge in [0.05, 0.1) is 0 Å². The highest BCUT2D eigenvalue weighted by Gasteiger charge is 2.35. The van der Waals surface area contributed by atoms with E-state index in [0.29, 0.717) is 5.41 Å². The van der Waals surface area contributed by atoms with Gasteiger partial charge in [-0.05, 0) is 65.1 Å². The zero-order valence-corrected chi connectivity index (χ0v) is 12.4. The minimum Gasteiger partial charge on any atom is -0.313 e. The van der Waals surface area contributed by atoms with E-state index in [9.17, 15) is 0 Å². The van der Waals surface area contributed by atoms with Crippen LogP contribution in [0.5, 0.6) is 0 Å². The molecule has 1 aromatic heterocycles. The van der Waals surface area contributed by atoms with Crippen LogP contribution < -0.4 is 5.32 Å². The summed E-state index contributed by atoms with van der Waals surface area (Å²) < 4.78 is 1.10. The number of halogens is 1. The molecule has 3 heteroatoms. The van der Waals surface area contributed by atoms with E-state index in [-0.39, 0.29) is 0 Å². The molecule has 1 heterocycles. The third-order valence-corrected chi connectivity index (χ3v) is 4.78. The van der Waals surface area contributed by atoms with E-state index in [2.05, 4.69) is 32.3 Å². The summed E-state index contributed by atoms with van der Waals surface area (Å²) in [5.41, 5.74) is 1.87. The summed E-state index contributed by atoms with van der Waals surface area (Å²) in [5.74, 6) is 0. The van der Waals surface area contributed by atoms with Gasteiger partial charge in [-0.1, -0.05) is 12.8 Å². The van der Waals surface area contributed by atoms with Crippen molar-refractivity contribution in [3.63, 3.8) is 0 Å². The minimum absolute atomic E-state index is 0.491. The Labute approximate surface area is 118 Å². The molecule has 2 nitrogen and oxygen atoms in total. The Hall–Kier alpha value is -0.410. The topological polar surface area (TPSA) is 24.9 Å². The van der Waals surface area contributed by atoms with Crippen molar-refractivity contribution in [3.05, 3.63) is 28.5 Å². The normalized spacial score (nSPS) is 22.3. The Balaban J connectivity index is 1.68. The van der Waals surface area contributed by atoms with Gasteiger partial charge in [0.15, 0.2) is 0 Å². The third-order valence-electron chi connectivity index (χ3n) is 4.35. The maximum absolute atomic E-state index is 4.30. The first-order chi connectivity index (χ1) is 8.76. The van der Waals surface area contributed by atoms with E-state index < -0.39 is 0 Å². The number of nitrogens with one attached hydrogen (secondary N) is 1. The summed E-state index contributed by atoms with van der Waals surface area (Å²) in [6.45, 7) is 1.20. The van der Waals surface area contributed by atoms with Crippen LogP contribution in [-0.2, 0) is 6.42 Å². The van der Waals surface area contributed by atoms with Crippen LogP contribution in [0.25, 0.3) is 0 Å². The van der Waals surface area contributed by atoms with Crippen molar-refractivity contribution in [3.8, 4) is 0 Å². The molecule has 0 aliphatic heterocycles. The molecule has 1 aromatic rings. The highest BCUT2D eigenvalue weighted by molar-refractivity contribution is 9.10. The van der Waals surface area contributed by atoms with Crippen molar-refractivity contribution in [2.75, 3.05) is 6.54 Å². The van der Waals surface area contributed by atoms with Crippen molar-refractivity contribution >= 4 is 15.9 Å². The Morgan fingerprint density at radius 3 is 2.72 bits per heavy atom. The summed E-state index contributed by atoms with van der Waals surface area (Å²) in [6, 6.07) is 3.05. The van der Waals surface area contributed by atoms with E-state index in [1.807, 2.05) is 12.4 Å². The van der Waals surface area contributed by atoms with Crippen molar-refractivity contribution in [1.29, 1.82) is 0 Å². The molecule has 98 valence electrons. The first kappa shape index (κ1) is 12.6. The van der Waals surface area contributed by atoms with Gasteiger partial charge in [-0.15, -0.1) is 0 Å². The highest BCUT2D eigenvalue weighted by atomic mass is 79.9. The molecular weight excluding hydrogens is 288 g/mol. The molecule has 2 aliphatic carbocycles. The summed E-state index contributed by atoms with van der Waals surface area (Å²) in [5, 5.41) is 3.74. The largest absolute Gasteiger partial charge is 0.313 e. The van der Waals surface area contributed by atoms with Crippen LogP contribution in [0.4, 0.5) is 0 Å². The molecule has 0 unspecified atom stereocenters. The molecule has 0 aromatic carbocycles. The lowest BCUT2D eigenvalue weighted by Crippen LogP contribution is -2.35. The number of nitrogens with zero attached hydrogens (tertiary/aromatic N) is 1. The van der Waals surface area contributed by atoms with Crippen molar-refractivity contribution in [2.45, 2.75) is 51.0 Å². The van der Waals surface area contributed by atoms with E-state index in [1.54, 1.807) is 0 Å². The summed E-state index contributed by atoms with van der Waals surface area (Å²) in [7, 11) is 0. The Kier molecular flexibility index (Phi) is 3.71. The van der Waals surface area contributed by atoms with Crippen LogP contribution in [0.3, 0.4) is 0 Å². The molecule has 0 atom stereocenters. The quantitative estimate of drug-likeness (QED) is 0.897. The average molecular weight is 309 g/mol. The lowest BCUT2D eigenvalue weighted by atomic mass is 9.80. The van der Waals surface area contributed by atoms with Gasteiger partial charge in [0, 0.05) is 29.5 Å². The van der Waals surface area contributed by atoms with Crippen molar-refractivity contribution in [1.82, 2.24) is 10.3 Å². The molecule has 18 heavy (non-hydrogen) atoms. The van der Waals surface area contributed by atoms with Crippen molar-refractivity contribution in [2.24, 2.45) is 5.41 Å². The number of hydrogen-bond acceptors (Lipinski definition) is 2. The molecule has 2 aliphatic rings. The molecule has 0 bridgehead atoms. The van der Waals surface area contributed by atoms with Gasteiger partial charge in [0.1, 0.15) is 0 Å². The second-order valence-electron chi connectivity index (χ2n) is 6.05. The standard InChI is InChI=1S/C15H21BrN2/c16-13-7-12(9-17-10-13)8-15(5-1-2-6-15)11-18-14-3-4-14/h7,9-10,14,18H,1-6,8,11H2. The van der Waals surface area contributed by atoms with Crippen molar-refractivity contribution < 1.29 is 0 Å². The fourth-order valence-corrected chi connectivity index (χ4v) is 3.59. The second-order valence-corrected chi connectivity index (χ2v) is 6.97. The lowest BCUT2D eigenvalue weighted by Gasteiger charge is -2.29. The number of pyridine rings is 1. The van der Waals surface area contributed by atoms with Crippen LogP contribution >= 0.6 is 15.9 Å². The maximum atomic E-state index is 4.30. The van der Waals surface area contributed by atoms with Gasteiger partial charge in [0.25, 0.3) is 0 Å². The minimum atomic E-state index is 0.491. The molecule has 0 saturated heterocycles. The molecule has 2 fully saturated rings. The van der Waals surface area contributed by atoms with Crippen LogP contribution in [-0.4, -0.2) is 17.6 Å². The lowest BCUT2D eigenvalue weighted by molar-refractivity contribution is 0.276. The summed E-state index contributed by atoms with van der Waals surface area (Å²) >= 11 is 3.52. The Morgan fingerprint density at radius 2 is 2.06 bits per heavy atom. The van der Waals surface area contributed by atoms with Crippen LogP contribution in [0.2, 0.25) is 0 Å². The average Bonchev–Trinajstić information content (AvgIpc) is 3.08. The fourth-order valence-electron chi connectivity index (χ4n) is 3.17. The molecule has 1 N–H and O–H groups in total. The van der Waals surface area contributed by atoms with Gasteiger partial charge < -0.3 is 5.32 Å². The number of aromatic nitrogens is 1. The Bertz CT molecular complexity index is 409. The molecular formula is C15H21BrN2. The highest BCUT2D eigenvalue weighted by Crippen LogP contribution is 2.41. The van der Waals surface area contributed by atoms with E-state index in [0.717, 1.165) is 10.5 Å². The molecule has 0 spiro atoms. The number of rotatable bonds is 5. The van der Waals surface area contributed by atoms with Gasteiger partial charge in [-0.3, -0.25) is 4.98 Å². The predicted molar refractivity (Wildman–Crippen MR) is 77.6 cm³/mol. The fraction of sp³-hybridized carbons (Fsp3) is 0.667. The molecule has 3 rings (SSSR count).